The van der Waals surface area contributed by atoms with Gasteiger partial charge in [-0.3, -0.25) is 4.90 Å². The molecule has 0 spiro atoms. The van der Waals surface area contributed by atoms with Crippen molar-refractivity contribution in [3.05, 3.63) is 0 Å². The molecule has 2 aliphatic rings. The Morgan fingerprint density at radius 2 is 1.89 bits per heavy atom. The summed E-state index contributed by atoms with van der Waals surface area (Å²) in [6.45, 7) is 10.8. The van der Waals surface area contributed by atoms with Gasteiger partial charge in [0.15, 0.2) is 0 Å². The van der Waals surface area contributed by atoms with Gasteiger partial charge in [-0.05, 0) is 31.7 Å². The molecule has 1 saturated carbocycles. The van der Waals surface area contributed by atoms with Gasteiger partial charge in [0.2, 0.25) is 0 Å². The predicted octanol–water partition coefficient (Wildman–Crippen LogP) is 3.28. The Balaban J connectivity index is 1.75. The molecule has 1 aliphatic heterocycles. The first-order valence-electron chi connectivity index (χ1n) is 8.14. The fraction of sp³-hybridized carbons (Fsp3) is 1.00. The van der Waals surface area contributed by atoms with Crippen LogP contribution >= 0.6 is 0 Å². The summed E-state index contributed by atoms with van der Waals surface area (Å²) in [7, 11) is 0. The number of piperazine rings is 1. The minimum atomic E-state index is 0.701. The Labute approximate surface area is 114 Å². The SMILES string of the molecule is CC(C)C1CN(CCC2CCCCC2)C(C)CN1. The summed E-state index contributed by atoms with van der Waals surface area (Å²) in [5.41, 5.74) is 0. The van der Waals surface area contributed by atoms with Crippen molar-refractivity contribution in [2.45, 2.75) is 71.4 Å². The highest BCUT2D eigenvalue weighted by molar-refractivity contribution is 4.85. The molecule has 0 aromatic carbocycles. The van der Waals surface area contributed by atoms with E-state index < -0.39 is 0 Å². The molecule has 2 fully saturated rings. The van der Waals surface area contributed by atoms with Crippen molar-refractivity contribution < 1.29 is 0 Å². The van der Waals surface area contributed by atoms with Crippen LogP contribution < -0.4 is 5.32 Å². The lowest BCUT2D eigenvalue weighted by Crippen LogP contribution is -2.57. The minimum Gasteiger partial charge on any atom is -0.311 e. The first-order chi connectivity index (χ1) is 8.66. The highest BCUT2D eigenvalue weighted by Gasteiger charge is 2.27. The van der Waals surface area contributed by atoms with Gasteiger partial charge >= 0.3 is 0 Å². The van der Waals surface area contributed by atoms with Crippen molar-refractivity contribution >= 4 is 0 Å². The number of nitrogens with zero attached hydrogens (tertiary/aromatic N) is 1. The Morgan fingerprint density at radius 3 is 2.56 bits per heavy atom. The molecule has 1 N–H and O–H groups in total. The first kappa shape index (κ1) is 14.3. The third kappa shape index (κ3) is 3.96. The van der Waals surface area contributed by atoms with E-state index in [0.717, 1.165) is 17.9 Å². The van der Waals surface area contributed by atoms with Crippen LogP contribution in [0.5, 0.6) is 0 Å². The van der Waals surface area contributed by atoms with Crippen LogP contribution in [-0.2, 0) is 0 Å². The quantitative estimate of drug-likeness (QED) is 0.826. The molecule has 1 heterocycles. The Kier molecular flexibility index (Phi) is 5.50. The monoisotopic (exact) mass is 252 g/mol. The standard InChI is InChI=1S/C16H32N2/c1-13(2)16-12-18(14(3)11-17-16)10-9-15-7-5-4-6-8-15/h13-17H,4-12H2,1-3H3. The summed E-state index contributed by atoms with van der Waals surface area (Å²) < 4.78 is 0. The van der Waals surface area contributed by atoms with Crippen LogP contribution in [0.2, 0.25) is 0 Å². The molecule has 18 heavy (non-hydrogen) atoms. The van der Waals surface area contributed by atoms with Crippen LogP contribution in [-0.4, -0.2) is 36.6 Å². The lowest BCUT2D eigenvalue weighted by molar-refractivity contribution is 0.112. The average molecular weight is 252 g/mol. The molecule has 2 heteroatoms. The number of hydrogen-bond acceptors (Lipinski definition) is 2. The lowest BCUT2D eigenvalue weighted by atomic mass is 9.86. The van der Waals surface area contributed by atoms with Crippen LogP contribution in [0.25, 0.3) is 0 Å². The molecular formula is C16H32N2. The zero-order valence-electron chi connectivity index (χ0n) is 12.6. The second-order valence-corrected chi connectivity index (χ2v) is 6.90. The van der Waals surface area contributed by atoms with Crippen molar-refractivity contribution in [3.63, 3.8) is 0 Å². The normalized spacial score (nSPS) is 32.0. The largest absolute Gasteiger partial charge is 0.311 e. The summed E-state index contributed by atoms with van der Waals surface area (Å²) in [5, 5.41) is 3.69. The molecule has 0 aromatic heterocycles. The van der Waals surface area contributed by atoms with Gasteiger partial charge in [-0.15, -0.1) is 0 Å². The van der Waals surface area contributed by atoms with E-state index in [0.29, 0.717) is 6.04 Å². The smallest absolute Gasteiger partial charge is 0.0218 e. The highest BCUT2D eigenvalue weighted by Crippen LogP contribution is 2.27. The molecule has 2 unspecified atom stereocenters. The van der Waals surface area contributed by atoms with Crippen LogP contribution in [0.15, 0.2) is 0 Å². The second-order valence-electron chi connectivity index (χ2n) is 6.90. The molecule has 0 bridgehead atoms. The van der Waals surface area contributed by atoms with Gasteiger partial charge in [0.25, 0.3) is 0 Å². The van der Waals surface area contributed by atoms with E-state index in [4.69, 9.17) is 0 Å². The number of nitrogens with one attached hydrogen (secondary N) is 1. The van der Waals surface area contributed by atoms with Gasteiger partial charge in [0.05, 0.1) is 0 Å². The van der Waals surface area contributed by atoms with Crippen LogP contribution in [0.3, 0.4) is 0 Å². The third-order valence-corrected chi connectivity index (χ3v) is 5.08. The van der Waals surface area contributed by atoms with E-state index in [1.807, 2.05) is 0 Å². The van der Waals surface area contributed by atoms with Crippen LogP contribution in [0, 0.1) is 11.8 Å². The number of hydrogen-bond donors (Lipinski definition) is 1. The molecule has 0 radical (unpaired) electrons. The molecule has 0 amide bonds. The third-order valence-electron chi connectivity index (χ3n) is 5.08. The zero-order valence-corrected chi connectivity index (χ0v) is 12.6. The summed E-state index contributed by atoms with van der Waals surface area (Å²) >= 11 is 0. The van der Waals surface area contributed by atoms with Gasteiger partial charge in [0.1, 0.15) is 0 Å². The van der Waals surface area contributed by atoms with Crippen LogP contribution in [0.4, 0.5) is 0 Å². The van der Waals surface area contributed by atoms with Crippen LogP contribution in [0.1, 0.15) is 59.3 Å². The maximum Gasteiger partial charge on any atom is 0.0218 e. The summed E-state index contributed by atoms with van der Waals surface area (Å²) in [5.74, 6) is 1.79. The van der Waals surface area contributed by atoms with E-state index in [1.54, 1.807) is 0 Å². The zero-order chi connectivity index (χ0) is 13.0. The fourth-order valence-corrected chi connectivity index (χ4v) is 3.53. The van der Waals surface area contributed by atoms with E-state index in [1.165, 1.54) is 58.2 Å². The van der Waals surface area contributed by atoms with Gasteiger partial charge in [-0.2, -0.15) is 0 Å². The van der Waals surface area contributed by atoms with E-state index in [-0.39, 0.29) is 0 Å². The maximum atomic E-state index is 3.69. The summed E-state index contributed by atoms with van der Waals surface area (Å²) in [4.78, 5) is 2.73. The van der Waals surface area contributed by atoms with E-state index in [9.17, 15) is 0 Å². The van der Waals surface area contributed by atoms with E-state index >= 15 is 0 Å². The van der Waals surface area contributed by atoms with Gasteiger partial charge in [0, 0.05) is 25.2 Å². The minimum absolute atomic E-state index is 0.701. The fourth-order valence-electron chi connectivity index (χ4n) is 3.53. The van der Waals surface area contributed by atoms with Crippen molar-refractivity contribution in [2.24, 2.45) is 11.8 Å². The second kappa shape index (κ2) is 6.91. The summed E-state index contributed by atoms with van der Waals surface area (Å²) in [6, 6.07) is 1.43. The molecule has 2 rings (SSSR count). The Hall–Kier alpha value is -0.0800. The topological polar surface area (TPSA) is 15.3 Å². The molecule has 106 valence electrons. The molecular weight excluding hydrogens is 220 g/mol. The molecule has 1 aliphatic carbocycles. The molecule has 1 saturated heterocycles. The van der Waals surface area contributed by atoms with Gasteiger partial charge in [-0.1, -0.05) is 46.0 Å². The number of rotatable bonds is 4. The van der Waals surface area contributed by atoms with Gasteiger partial charge < -0.3 is 5.32 Å². The maximum absolute atomic E-state index is 3.69. The lowest BCUT2D eigenvalue weighted by Gasteiger charge is -2.41. The van der Waals surface area contributed by atoms with Crippen molar-refractivity contribution in [1.82, 2.24) is 10.2 Å². The molecule has 2 nitrogen and oxygen atoms in total. The van der Waals surface area contributed by atoms with E-state index in [2.05, 4.69) is 31.0 Å². The van der Waals surface area contributed by atoms with Crippen molar-refractivity contribution in [2.75, 3.05) is 19.6 Å². The molecule has 0 aromatic rings. The first-order valence-corrected chi connectivity index (χ1v) is 8.14. The Bertz CT molecular complexity index is 233. The summed E-state index contributed by atoms with van der Waals surface area (Å²) in [6.07, 6.45) is 8.88. The van der Waals surface area contributed by atoms with Gasteiger partial charge in [-0.25, -0.2) is 0 Å². The highest BCUT2D eigenvalue weighted by atomic mass is 15.2. The molecule has 2 atom stereocenters. The Morgan fingerprint density at radius 1 is 1.17 bits per heavy atom. The van der Waals surface area contributed by atoms with Crippen molar-refractivity contribution in [1.29, 1.82) is 0 Å². The predicted molar refractivity (Wildman–Crippen MR) is 78.9 cm³/mol. The van der Waals surface area contributed by atoms with Crippen molar-refractivity contribution in [3.8, 4) is 0 Å². The average Bonchev–Trinajstić information content (AvgIpc) is 2.38.